The summed E-state index contributed by atoms with van der Waals surface area (Å²) in [7, 11) is 0. The van der Waals surface area contributed by atoms with E-state index in [1.54, 1.807) is 6.07 Å². The van der Waals surface area contributed by atoms with Crippen molar-refractivity contribution in [3.05, 3.63) is 48.0 Å². The van der Waals surface area contributed by atoms with Gasteiger partial charge in [0.1, 0.15) is 19.3 Å². The van der Waals surface area contributed by atoms with Crippen LogP contribution in [-0.4, -0.2) is 27.3 Å². The first-order valence-corrected chi connectivity index (χ1v) is 7.11. The Bertz CT molecular complexity index is 686. The topological polar surface area (TPSA) is 57.0 Å². The van der Waals surface area contributed by atoms with Gasteiger partial charge in [-0.15, -0.1) is 0 Å². The molecule has 0 radical (unpaired) electrons. The quantitative estimate of drug-likeness (QED) is 0.793. The monoisotopic (exact) mass is 325 g/mol. The van der Waals surface area contributed by atoms with Crippen molar-refractivity contribution in [1.82, 2.24) is 14.8 Å². The van der Waals surface area contributed by atoms with Crippen molar-refractivity contribution < 1.29 is 22.7 Å². The Balaban J connectivity index is 1.53. The minimum atomic E-state index is -4.38. The molecule has 8 heteroatoms. The second-order valence-electron chi connectivity index (χ2n) is 5.40. The minimum absolute atomic E-state index is 0.161. The molecule has 1 aliphatic carbocycles. The molecule has 2 atom stereocenters. The zero-order valence-corrected chi connectivity index (χ0v) is 12.0. The van der Waals surface area contributed by atoms with Gasteiger partial charge in [-0.2, -0.15) is 18.3 Å². The molecular weight excluding hydrogens is 311 g/mol. The highest BCUT2D eigenvalue weighted by Crippen LogP contribution is 2.49. The maximum absolute atomic E-state index is 12.7. The molecule has 1 aromatic heterocycles. The molecule has 1 aromatic carbocycles. The van der Waals surface area contributed by atoms with Gasteiger partial charge in [0.25, 0.3) is 0 Å². The van der Waals surface area contributed by atoms with Gasteiger partial charge in [0.15, 0.2) is 0 Å². The lowest BCUT2D eigenvalue weighted by molar-refractivity contribution is -0.145. The average Bonchev–Trinajstić information content (AvgIpc) is 3.16. The van der Waals surface area contributed by atoms with Gasteiger partial charge in [-0.05, 0) is 24.0 Å². The molecular formula is C15H14F3N3O2. The summed E-state index contributed by atoms with van der Waals surface area (Å²) in [6.45, 7) is 0.556. The molecule has 0 saturated heterocycles. The second-order valence-corrected chi connectivity index (χ2v) is 5.40. The van der Waals surface area contributed by atoms with Crippen LogP contribution in [0.3, 0.4) is 0 Å². The lowest BCUT2D eigenvalue weighted by atomic mass is 10.1. The van der Waals surface area contributed by atoms with Crippen molar-refractivity contribution in [3.8, 4) is 0 Å². The summed E-state index contributed by atoms with van der Waals surface area (Å²) < 4.78 is 44.8. The lowest BCUT2D eigenvalue weighted by Crippen LogP contribution is -2.13. The number of carbonyl (C=O) groups is 1. The van der Waals surface area contributed by atoms with E-state index in [1.165, 1.54) is 23.4 Å². The normalized spacial score (nSPS) is 20.3. The molecule has 1 saturated carbocycles. The van der Waals surface area contributed by atoms with Gasteiger partial charge in [0, 0.05) is 0 Å². The number of halogens is 3. The molecule has 0 aliphatic heterocycles. The van der Waals surface area contributed by atoms with Gasteiger partial charge < -0.3 is 4.74 Å². The smallest absolute Gasteiger partial charge is 0.416 e. The highest BCUT2D eigenvalue weighted by atomic mass is 19.4. The van der Waals surface area contributed by atoms with Crippen molar-refractivity contribution in [2.24, 2.45) is 5.92 Å². The van der Waals surface area contributed by atoms with Crippen molar-refractivity contribution in [1.29, 1.82) is 0 Å². The van der Waals surface area contributed by atoms with Gasteiger partial charge in [0.2, 0.25) is 0 Å². The van der Waals surface area contributed by atoms with E-state index >= 15 is 0 Å². The zero-order chi connectivity index (χ0) is 16.4. The fourth-order valence-electron chi connectivity index (χ4n) is 2.46. The van der Waals surface area contributed by atoms with E-state index in [0.717, 1.165) is 12.1 Å². The largest absolute Gasteiger partial charge is 0.463 e. The first-order valence-electron chi connectivity index (χ1n) is 7.11. The van der Waals surface area contributed by atoms with E-state index in [4.69, 9.17) is 4.74 Å². The molecule has 2 aromatic rings. The van der Waals surface area contributed by atoms with Crippen LogP contribution in [-0.2, 0) is 22.3 Å². The summed E-state index contributed by atoms with van der Waals surface area (Å²) in [6, 6.07) is 5.11. The van der Waals surface area contributed by atoms with Crippen molar-refractivity contribution in [3.63, 3.8) is 0 Å². The molecule has 23 heavy (non-hydrogen) atoms. The summed E-state index contributed by atoms with van der Waals surface area (Å²) >= 11 is 0. The van der Waals surface area contributed by atoms with E-state index in [2.05, 4.69) is 10.1 Å². The molecule has 0 N–H and O–H groups in total. The number of ether oxygens (including phenoxy) is 1. The zero-order valence-electron chi connectivity index (χ0n) is 12.0. The Morgan fingerprint density at radius 3 is 2.91 bits per heavy atom. The summed E-state index contributed by atoms with van der Waals surface area (Å²) in [5.41, 5.74) is -0.168. The van der Waals surface area contributed by atoms with E-state index in [9.17, 15) is 18.0 Å². The van der Waals surface area contributed by atoms with Gasteiger partial charge in [-0.3, -0.25) is 4.79 Å². The van der Waals surface area contributed by atoms with Gasteiger partial charge >= 0.3 is 12.1 Å². The molecule has 3 rings (SSSR count). The van der Waals surface area contributed by atoms with E-state index < -0.39 is 11.7 Å². The van der Waals surface area contributed by atoms with Gasteiger partial charge in [0.05, 0.1) is 18.0 Å². The first-order chi connectivity index (χ1) is 10.9. The third-order valence-electron chi connectivity index (χ3n) is 3.77. The van der Waals surface area contributed by atoms with Crippen molar-refractivity contribution in [2.45, 2.75) is 25.1 Å². The van der Waals surface area contributed by atoms with Crippen LogP contribution in [0.25, 0.3) is 0 Å². The fraction of sp³-hybridized carbons (Fsp3) is 0.400. The molecule has 0 amide bonds. The molecule has 0 unspecified atom stereocenters. The number of nitrogens with zero attached hydrogens (tertiary/aromatic N) is 3. The molecule has 0 spiro atoms. The van der Waals surface area contributed by atoms with E-state index in [-0.39, 0.29) is 24.4 Å². The second kappa shape index (κ2) is 6.02. The van der Waals surface area contributed by atoms with Crippen LogP contribution in [0.4, 0.5) is 13.2 Å². The summed E-state index contributed by atoms with van der Waals surface area (Å²) in [5, 5.41) is 3.88. The van der Waals surface area contributed by atoms with Crippen LogP contribution < -0.4 is 0 Å². The predicted octanol–water partition coefficient (Wildman–Crippen LogP) is 2.64. The molecule has 1 fully saturated rings. The fourth-order valence-corrected chi connectivity index (χ4v) is 2.46. The number of aromatic nitrogens is 3. The van der Waals surface area contributed by atoms with Crippen LogP contribution >= 0.6 is 0 Å². The number of benzene rings is 1. The Labute approximate surface area is 130 Å². The molecule has 1 aliphatic rings. The summed E-state index contributed by atoms with van der Waals surface area (Å²) in [6.07, 6.45) is -0.967. The Morgan fingerprint density at radius 2 is 2.22 bits per heavy atom. The third kappa shape index (κ3) is 3.69. The standard InChI is InChI=1S/C15H14F3N3O2/c16-15(17,18)11-3-1-2-10(6-11)12-7-13(12)14(22)23-5-4-21-9-19-8-20-21/h1-3,6,8-9,12-13H,4-5,7H2/t12-,13+/m0/s1. The van der Waals surface area contributed by atoms with Crippen LogP contribution in [0, 0.1) is 5.92 Å². The number of hydrogen-bond donors (Lipinski definition) is 0. The van der Waals surface area contributed by atoms with Gasteiger partial charge in [-0.25, -0.2) is 9.67 Å². The average molecular weight is 325 g/mol. The number of hydrogen-bond acceptors (Lipinski definition) is 4. The number of esters is 1. The molecule has 5 nitrogen and oxygen atoms in total. The van der Waals surface area contributed by atoms with Crippen LogP contribution in [0.2, 0.25) is 0 Å². The maximum atomic E-state index is 12.7. The van der Waals surface area contributed by atoms with Crippen molar-refractivity contribution >= 4 is 5.97 Å². The minimum Gasteiger partial charge on any atom is -0.463 e. The maximum Gasteiger partial charge on any atom is 0.416 e. The number of carbonyl (C=O) groups excluding carboxylic acids is 1. The Kier molecular flexibility index (Phi) is 4.06. The molecule has 1 heterocycles. The SMILES string of the molecule is O=C(OCCn1cncn1)[C@@H]1C[C@H]1c1cccc(C(F)(F)F)c1. The number of rotatable bonds is 5. The highest BCUT2D eigenvalue weighted by Gasteiger charge is 2.45. The van der Waals surface area contributed by atoms with E-state index in [1.807, 2.05) is 0 Å². The van der Waals surface area contributed by atoms with E-state index in [0.29, 0.717) is 18.5 Å². The third-order valence-corrected chi connectivity index (χ3v) is 3.77. The molecule has 122 valence electrons. The van der Waals surface area contributed by atoms with Crippen LogP contribution in [0.15, 0.2) is 36.9 Å². The van der Waals surface area contributed by atoms with Crippen LogP contribution in [0.1, 0.15) is 23.5 Å². The van der Waals surface area contributed by atoms with Crippen molar-refractivity contribution in [2.75, 3.05) is 6.61 Å². The van der Waals surface area contributed by atoms with Crippen LogP contribution in [0.5, 0.6) is 0 Å². The summed E-state index contributed by atoms with van der Waals surface area (Å²) in [4.78, 5) is 15.7. The summed E-state index contributed by atoms with van der Waals surface area (Å²) in [5.74, 6) is -0.946. The molecule has 0 bridgehead atoms. The highest BCUT2D eigenvalue weighted by molar-refractivity contribution is 5.77. The predicted molar refractivity (Wildman–Crippen MR) is 73.3 cm³/mol. The Morgan fingerprint density at radius 1 is 1.39 bits per heavy atom. The first kappa shape index (κ1) is 15.5. The Hall–Kier alpha value is -2.38. The number of alkyl halides is 3. The van der Waals surface area contributed by atoms with Gasteiger partial charge in [-0.1, -0.05) is 18.2 Å². The lowest BCUT2D eigenvalue weighted by Gasteiger charge is -2.08.